The molecule has 0 saturated carbocycles. The Bertz CT molecular complexity index is 310. The van der Waals surface area contributed by atoms with Crippen LogP contribution in [0.3, 0.4) is 0 Å². The van der Waals surface area contributed by atoms with Gasteiger partial charge in [0.2, 0.25) is 0 Å². The Labute approximate surface area is 94.3 Å². The van der Waals surface area contributed by atoms with E-state index in [0.717, 1.165) is 4.90 Å². The third-order valence-electron chi connectivity index (χ3n) is 2.41. The fraction of sp³-hybridized carbons (Fsp3) is 0.800. The quantitative estimate of drug-likeness (QED) is 0.693. The van der Waals surface area contributed by atoms with Gasteiger partial charge in [-0.25, -0.2) is 9.59 Å². The third kappa shape index (κ3) is 2.44. The van der Waals surface area contributed by atoms with Crippen molar-refractivity contribution in [3.63, 3.8) is 0 Å². The summed E-state index contributed by atoms with van der Waals surface area (Å²) in [6.45, 7) is 5.48. The molecular weight excluding hydrogens is 212 g/mol. The van der Waals surface area contributed by atoms with Gasteiger partial charge in [0.25, 0.3) is 0 Å². The zero-order valence-electron chi connectivity index (χ0n) is 9.82. The van der Waals surface area contributed by atoms with Crippen molar-refractivity contribution < 1.29 is 19.4 Å². The fourth-order valence-electron chi connectivity index (χ4n) is 1.63. The summed E-state index contributed by atoms with van der Waals surface area (Å²) in [5.74, 6) is -1.20. The van der Waals surface area contributed by atoms with E-state index in [-0.39, 0.29) is 6.42 Å². The van der Waals surface area contributed by atoms with Gasteiger partial charge in [-0.2, -0.15) is 0 Å². The summed E-state index contributed by atoms with van der Waals surface area (Å²) in [5.41, 5.74) is 3.42. The van der Waals surface area contributed by atoms with E-state index in [4.69, 9.17) is 15.6 Å². The molecular formula is C10H18N2O4. The number of aliphatic carboxylic acids is 1. The molecule has 3 N–H and O–H groups in total. The predicted octanol–water partition coefficient (Wildman–Crippen LogP) is 0.757. The highest BCUT2D eigenvalue weighted by Gasteiger charge is 2.48. The van der Waals surface area contributed by atoms with Crippen molar-refractivity contribution in [2.75, 3.05) is 6.54 Å². The summed E-state index contributed by atoms with van der Waals surface area (Å²) in [7, 11) is 0. The number of amides is 1. The molecule has 6 nitrogen and oxygen atoms in total. The van der Waals surface area contributed by atoms with Crippen LogP contribution in [0.4, 0.5) is 4.79 Å². The predicted molar refractivity (Wildman–Crippen MR) is 56.7 cm³/mol. The first-order valence-electron chi connectivity index (χ1n) is 5.20. The molecule has 1 rings (SSSR count). The van der Waals surface area contributed by atoms with Crippen LogP contribution in [0, 0.1) is 0 Å². The van der Waals surface area contributed by atoms with Crippen molar-refractivity contribution in [3.8, 4) is 0 Å². The number of carboxylic acids is 1. The summed E-state index contributed by atoms with van der Waals surface area (Å²) in [5, 5.41) is 9.02. The Balaban J connectivity index is 2.80. The summed E-state index contributed by atoms with van der Waals surface area (Å²) < 4.78 is 5.11. The second kappa shape index (κ2) is 3.93. The minimum Gasteiger partial charge on any atom is -0.478 e. The van der Waals surface area contributed by atoms with Crippen molar-refractivity contribution in [1.29, 1.82) is 0 Å². The van der Waals surface area contributed by atoms with Gasteiger partial charge in [0.05, 0.1) is 0 Å². The third-order valence-corrected chi connectivity index (χ3v) is 2.41. The Morgan fingerprint density at radius 2 is 2.00 bits per heavy atom. The van der Waals surface area contributed by atoms with E-state index in [0.29, 0.717) is 13.0 Å². The summed E-state index contributed by atoms with van der Waals surface area (Å²) in [4.78, 5) is 23.9. The van der Waals surface area contributed by atoms with Crippen LogP contribution in [-0.4, -0.2) is 39.9 Å². The monoisotopic (exact) mass is 230 g/mol. The Kier molecular flexibility index (Phi) is 3.14. The van der Waals surface area contributed by atoms with Crippen LogP contribution in [0.5, 0.6) is 0 Å². The molecule has 92 valence electrons. The maximum absolute atomic E-state index is 11.7. The van der Waals surface area contributed by atoms with Crippen LogP contribution in [0.2, 0.25) is 0 Å². The summed E-state index contributed by atoms with van der Waals surface area (Å²) in [6.07, 6.45) is 0.152. The van der Waals surface area contributed by atoms with E-state index in [2.05, 4.69) is 0 Å². The van der Waals surface area contributed by atoms with E-state index in [1.165, 1.54) is 0 Å². The lowest BCUT2D eigenvalue weighted by molar-refractivity contribution is -0.149. The summed E-state index contributed by atoms with van der Waals surface area (Å²) >= 11 is 0. The Hall–Kier alpha value is -1.30. The highest BCUT2D eigenvalue weighted by atomic mass is 16.6. The molecule has 0 aromatic rings. The van der Waals surface area contributed by atoms with Gasteiger partial charge >= 0.3 is 12.1 Å². The molecule has 0 spiro atoms. The molecule has 1 aliphatic heterocycles. The lowest BCUT2D eigenvalue weighted by Crippen LogP contribution is -2.60. The molecule has 0 radical (unpaired) electrons. The minimum atomic E-state index is -1.62. The first-order chi connectivity index (χ1) is 7.17. The largest absolute Gasteiger partial charge is 0.478 e. The molecule has 16 heavy (non-hydrogen) atoms. The minimum absolute atomic E-state index is 0.252. The van der Waals surface area contributed by atoms with Gasteiger partial charge in [0.1, 0.15) is 5.60 Å². The van der Waals surface area contributed by atoms with E-state index in [1.807, 2.05) is 0 Å². The normalized spacial score (nSPS) is 25.6. The number of rotatable bonds is 1. The number of carboxylic acid groups (broad SMARTS) is 1. The lowest BCUT2D eigenvalue weighted by atomic mass is 10.1. The molecule has 1 saturated heterocycles. The Morgan fingerprint density at radius 3 is 2.44 bits per heavy atom. The van der Waals surface area contributed by atoms with E-state index >= 15 is 0 Å². The molecule has 1 aliphatic rings. The molecule has 0 unspecified atom stereocenters. The number of ether oxygens (including phenoxy) is 1. The van der Waals surface area contributed by atoms with Crippen molar-refractivity contribution in [1.82, 2.24) is 4.90 Å². The highest BCUT2D eigenvalue weighted by Crippen LogP contribution is 2.26. The van der Waals surface area contributed by atoms with Crippen molar-refractivity contribution in [2.45, 2.75) is 44.9 Å². The average molecular weight is 230 g/mol. The van der Waals surface area contributed by atoms with Crippen LogP contribution in [0.25, 0.3) is 0 Å². The zero-order chi connectivity index (χ0) is 12.6. The maximum Gasteiger partial charge on any atom is 0.412 e. The van der Waals surface area contributed by atoms with Crippen molar-refractivity contribution in [2.24, 2.45) is 5.73 Å². The van der Waals surface area contributed by atoms with Gasteiger partial charge in [0.15, 0.2) is 5.66 Å². The van der Waals surface area contributed by atoms with Gasteiger partial charge in [-0.15, -0.1) is 0 Å². The first kappa shape index (κ1) is 12.8. The number of hydrogen-bond acceptors (Lipinski definition) is 4. The van der Waals surface area contributed by atoms with Crippen LogP contribution >= 0.6 is 0 Å². The number of nitrogens with two attached hydrogens (primary N) is 1. The van der Waals surface area contributed by atoms with Crippen LogP contribution in [-0.2, 0) is 9.53 Å². The molecule has 0 aromatic heterocycles. The smallest absolute Gasteiger partial charge is 0.412 e. The number of hydrogen-bond donors (Lipinski definition) is 2. The molecule has 1 atom stereocenters. The molecule has 1 amide bonds. The second-order valence-electron chi connectivity index (χ2n) is 4.96. The molecule has 1 heterocycles. The van der Waals surface area contributed by atoms with Crippen molar-refractivity contribution >= 4 is 12.1 Å². The van der Waals surface area contributed by atoms with Crippen LogP contribution in [0.15, 0.2) is 0 Å². The fourth-order valence-corrected chi connectivity index (χ4v) is 1.63. The van der Waals surface area contributed by atoms with E-state index in [9.17, 15) is 9.59 Å². The van der Waals surface area contributed by atoms with Gasteiger partial charge in [-0.1, -0.05) is 0 Å². The Morgan fingerprint density at radius 1 is 1.44 bits per heavy atom. The van der Waals surface area contributed by atoms with Crippen LogP contribution in [0.1, 0.15) is 33.6 Å². The molecule has 0 aliphatic carbocycles. The van der Waals surface area contributed by atoms with Gasteiger partial charge in [-0.05, 0) is 33.6 Å². The highest BCUT2D eigenvalue weighted by molar-refractivity contribution is 5.84. The molecule has 1 fully saturated rings. The van der Waals surface area contributed by atoms with Crippen LogP contribution < -0.4 is 5.73 Å². The van der Waals surface area contributed by atoms with Crippen molar-refractivity contribution in [3.05, 3.63) is 0 Å². The maximum atomic E-state index is 11.7. The second-order valence-corrected chi connectivity index (χ2v) is 4.96. The van der Waals surface area contributed by atoms with Gasteiger partial charge in [0, 0.05) is 6.54 Å². The topological polar surface area (TPSA) is 92.9 Å². The summed E-state index contributed by atoms with van der Waals surface area (Å²) in [6, 6.07) is 0. The number of nitrogens with zero attached hydrogens (tertiary/aromatic N) is 1. The van der Waals surface area contributed by atoms with E-state index < -0.39 is 23.3 Å². The number of carbonyl (C=O) groups is 2. The average Bonchev–Trinajstić information content (AvgIpc) is 2.45. The standard InChI is InChI=1S/C10H18N2O4/c1-9(2,3)16-8(15)12-6-4-5-10(12,11)7(13)14/h4-6,11H2,1-3H3,(H,13,14)/t10-/m0/s1. The first-order valence-corrected chi connectivity index (χ1v) is 5.20. The molecule has 0 bridgehead atoms. The van der Waals surface area contributed by atoms with E-state index in [1.54, 1.807) is 20.8 Å². The number of likely N-dealkylation sites (tertiary alicyclic amines) is 1. The lowest BCUT2D eigenvalue weighted by Gasteiger charge is -2.32. The molecule has 0 aromatic carbocycles. The number of carbonyl (C=O) groups excluding carboxylic acids is 1. The SMILES string of the molecule is CC(C)(C)OC(=O)N1CCC[C@@]1(N)C(=O)O. The molecule has 6 heteroatoms. The van der Waals surface area contributed by atoms with Gasteiger partial charge < -0.3 is 9.84 Å². The zero-order valence-corrected chi connectivity index (χ0v) is 9.82. The van der Waals surface area contributed by atoms with Gasteiger partial charge in [-0.3, -0.25) is 10.6 Å².